The molecule has 80 valence electrons. The fourth-order valence-electron chi connectivity index (χ4n) is 3.63. The van der Waals surface area contributed by atoms with Crippen molar-refractivity contribution in [3.63, 3.8) is 0 Å². The summed E-state index contributed by atoms with van der Waals surface area (Å²) in [5.74, 6) is 2.04. The Morgan fingerprint density at radius 1 is 1.29 bits per heavy atom. The van der Waals surface area contributed by atoms with E-state index in [1.165, 1.54) is 13.3 Å². The molecule has 3 aliphatic rings. The molecule has 0 aromatic heterocycles. The monoisotopic (exact) mass is 196 g/mol. The largest absolute Gasteiger partial charge is 0.462 e. The Balaban J connectivity index is 2.10. The molecule has 0 unspecified atom stereocenters. The lowest BCUT2D eigenvalue weighted by Gasteiger charge is -2.61. The first-order chi connectivity index (χ1) is 6.43. The van der Waals surface area contributed by atoms with Crippen LogP contribution in [0.3, 0.4) is 0 Å². The van der Waals surface area contributed by atoms with Crippen LogP contribution in [0.25, 0.3) is 0 Å². The summed E-state index contributed by atoms with van der Waals surface area (Å²) >= 11 is 0. The van der Waals surface area contributed by atoms with E-state index < -0.39 is 0 Å². The molecule has 2 bridgehead atoms. The van der Waals surface area contributed by atoms with Crippen LogP contribution in [0.1, 0.15) is 40.5 Å². The van der Waals surface area contributed by atoms with Crippen molar-refractivity contribution in [2.24, 2.45) is 23.2 Å². The minimum atomic E-state index is -0.122. The van der Waals surface area contributed by atoms with Crippen LogP contribution < -0.4 is 0 Å². The van der Waals surface area contributed by atoms with E-state index in [-0.39, 0.29) is 12.1 Å². The number of hydrogen-bond acceptors (Lipinski definition) is 2. The zero-order valence-corrected chi connectivity index (χ0v) is 9.54. The van der Waals surface area contributed by atoms with E-state index in [2.05, 4.69) is 20.8 Å². The number of esters is 1. The normalized spacial score (nSPS) is 44.0. The van der Waals surface area contributed by atoms with Crippen LogP contribution in [0.15, 0.2) is 0 Å². The number of carbonyl (C=O) groups excluding carboxylic acids is 1. The molecule has 0 aliphatic heterocycles. The molecule has 0 N–H and O–H groups in total. The maximum atomic E-state index is 11.0. The third-order valence-electron chi connectivity index (χ3n) is 4.48. The standard InChI is InChI=1S/C12H20O2/c1-7-5-11(14-8(2)13)10-6-9(7)12(10,3)4/h7,9-11H,5-6H2,1-4H3/t7-,9-,10+,11+/m1/s1. The van der Waals surface area contributed by atoms with E-state index in [1.807, 2.05) is 0 Å². The van der Waals surface area contributed by atoms with Gasteiger partial charge in [0, 0.05) is 12.8 Å². The smallest absolute Gasteiger partial charge is 0.302 e. The Kier molecular flexibility index (Phi) is 2.13. The van der Waals surface area contributed by atoms with E-state index in [9.17, 15) is 4.79 Å². The SMILES string of the molecule is CC(=O)O[C@H]1C[C@@H](C)[C@H]2C[C@@H]1C2(C)C. The van der Waals surface area contributed by atoms with Crippen LogP contribution in [0.5, 0.6) is 0 Å². The van der Waals surface area contributed by atoms with Gasteiger partial charge in [-0.05, 0) is 30.1 Å². The first kappa shape index (κ1) is 10.0. The minimum absolute atomic E-state index is 0.122. The van der Waals surface area contributed by atoms with E-state index >= 15 is 0 Å². The molecular weight excluding hydrogens is 176 g/mol. The fourth-order valence-corrected chi connectivity index (χ4v) is 3.63. The molecule has 0 spiro atoms. The molecule has 2 nitrogen and oxygen atoms in total. The van der Waals surface area contributed by atoms with Gasteiger partial charge >= 0.3 is 5.97 Å². The topological polar surface area (TPSA) is 26.3 Å². The number of hydrogen-bond donors (Lipinski definition) is 0. The van der Waals surface area contributed by atoms with Crippen molar-refractivity contribution in [2.45, 2.75) is 46.6 Å². The van der Waals surface area contributed by atoms with E-state index in [1.54, 1.807) is 0 Å². The molecule has 0 heterocycles. The molecular formula is C12H20O2. The van der Waals surface area contributed by atoms with Gasteiger partial charge in [-0.25, -0.2) is 0 Å². The van der Waals surface area contributed by atoms with E-state index in [0.717, 1.165) is 12.3 Å². The fraction of sp³-hybridized carbons (Fsp3) is 0.917. The van der Waals surface area contributed by atoms with Crippen molar-refractivity contribution in [3.8, 4) is 0 Å². The molecule has 2 heteroatoms. The Morgan fingerprint density at radius 2 is 1.93 bits per heavy atom. The molecule has 3 fully saturated rings. The summed E-state index contributed by atoms with van der Waals surface area (Å²) in [6.07, 6.45) is 2.51. The second kappa shape index (κ2) is 2.98. The van der Waals surface area contributed by atoms with E-state index in [4.69, 9.17) is 4.74 Å². The predicted molar refractivity (Wildman–Crippen MR) is 54.7 cm³/mol. The van der Waals surface area contributed by atoms with E-state index in [0.29, 0.717) is 17.3 Å². The Bertz CT molecular complexity index is 257. The maximum absolute atomic E-state index is 11.0. The highest BCUT2D eigenvalue weighted by Crippen LogP contribution is 2.61. The summed E-state index contributed by atoms with van der Waals surface area (Å²) in [4.78, 5) is 11.0. The average Bonchev–Trinajstić information content (AvgIpc) is 2.00. The number of fused-ring (bicyclic) bond motifs is 2. The maximum Gasteiger partial charge on any atom is 0.302 e. The van der Waals surface area contributed by atoms with Crippen LogP contribution in [-0.2, 0) is 9.53 Å². The lowest BCUT2D eigenvalue weighted by molar-refractivity contribution is -0.193. The first-order valence-corrected chi connectivity index (χ1v) is 5.60. The van der Waals surface area contributed by atoms with Crippen molar-refractivity contribution in [1.82, 2.24) is 0 Å². The highest BCUT2D eigenvalue weighted by Gasteiger charge is 2.58. The molecule has 4 atom stereocenters. The summed E-state index contributed by atoms with van der Waals surface area (Å²) in [5.41, 5.74) is 0.387. The zero-order valence-electron chi connectivity index (χ0n) is 9.54. The molecule has 14 heavy (non-hydrogen) atoms. The second-order valence-corrected chi connectivity index (χ2v) is 5.63. The highest BCUT2D eigenvalue weighted by atomic mass is 16.5. The molecule has 3 rings (SSSR count). The first-order valence-electron chi connectivity index (χ1n) is 5.60. The van der Waals surface area contributed by atoms with Gasteiger partial charge in [0.2, 0.25) is 0 Å². The third kappa shape index (κ3) is 1.27. The number of carbonyl (C=O) groups is 1. The Hall–Kier alpha value is -0.530. The minimum Gasteiger partial charge on any atom is -0.462 e. The number of ether oxygens (including phenoxy) is 1. The molecule has 0 saturated heterocycles. The van der Waals surface area contributed by atoms with Crippen LogP contribution in [-0.4, -0.2) is 12.1 Å². The highest BCUT2D eigenvalue weighted by molar-refractivity contribution is 5.66. The molecule has 3 saturated carbocycles. The van der Waals surface area contributed by atoms with Gasteiger partial charge in [0.25, 0.3) is 0 Å². The lowest BCUT2D eigenvalue weighted by atomic mass is 9.45. The van der Waals surface area contributed by atoms with Crippen molar-refractivity contribution in [2.75, 3.05) is 0 Å². The van der Waals surface area contributed by atoms with Gasteiger partial charge < -0.3 is 4.74 Å². The van der Waals surface area contributed by atoms with Crippen LogP contribution >= 0.6 is 0 Å². The molecule has 0 radical (unpaired) electrons. The molecule has 3 aliphatic carbocycles. The summed E-state index contributed by atoms with van der Waals surface area (Å²) in [5, 5.41) is 0. The zero-order chi connectivity index (χ0) is 10.5. The quantitative estimate of drug-likeness (QED) is 0.603. The van der Waals surface area contributed by atoms with Crippen LogP contribution in [0.4, 0.5) is 0 Å². The summed E-state index contributed by atoms with van der Waals surface area (Å²) in [6.45, 7) is 8.44. The summed E-state index contributed by atoms with van der Waals surface area (Å²) < 4.78 is 5.41. The van der Waals surface area contributed by atoms with Gasteiger partial charge in [-0.15, -0.1) is 0 Å². The van der Waals surface area contributed by atoms with Crippen molar-refractivity contribution >= 4 is 5.97 Å². The van der Waals surface area contributed by atoms with Gasteiger partial charge in [-0.1, -0.05) is 20.8 Å². The van der Waals surface area contributed by atoms with Crippen molar-refractivity contribution < 1.29 is 9.53 Å². The molecule has 0 aromatic rings. The summed E-state index contributed by atoms with van der Waals surface area (Å²) in [7, 11) is 0. The van der Waals surface area contributed by atoms with Gasteiger partial charge in [0.15, 0.2) is 0 Å². The van der Waals surface area contributed by atoms with Gasteiger partial charge in [0.05, 0.1) is 0 Å². The van der Waals surface area contributed by atoms with Gasteiger partial charge in [-0.3, -0.25) is 4.79 Å². The van der Waals surface area contributed by atoms with Gasteiger partial charge in [-0.2, -0.15) is 0 Å². The van der Waals surface area contributed by atoms with Gasteiger partial charge in [0.1, 0.15) is 6.10 Å². The van der Waals surface area contributed by atoms with Crippen molar-refractivity contribution in [1.29, 1.82) is 0 Å². The third-order valence-corrected chi connectivity index (χ3v) is 4.48. The Labute approximate surface area is 86.0 Å². The van der Waals surface area contributed by atoms with Crippen LogP contribution in [0.2, 0.25) is 0 Å². The summed E-state index contributed by atoms with van der Waals surface area (Å²) in [6, 6.07) is 0. The van der Waals surface area contributed by atoms with Crippen LogP contribution in [0, 0.1) is 23.2 Å². The number of rotatable bonds is 1. The average molecular weight is 196 g/mol. The van der Waals surface area contributed by atoms with Crippen molar-refractivity contribution in [3.05, 3.63) is 0 Å². The molecule has 0 amide bonds. The predicted octanol–water partition coefficient (Wildman–Crippen LogP) is 2.62. The molecule has 0 aromatic carbocycles. The lowest BCUT2D eigenvalue weighted by Crippen LogP contribution is -2.58. The second-order valence-electron chi connectivity index (χ2n) is 5.63. The Morgan fingerprint density at radius 3 is 2.36 bits per heavy atom.